The van der Waals surface area contributed by atoms with Crippen molar-refractivity contribution in [3.63, 3.8) is 0 Å². The van der Waals surface area contributed by atoms with Crippen LogP contribution in [0, 0.1) is 21.4 Å². The molecule has 0 saturated heterocycles. The van der Waals surface area contributed by atoms with Gasteiger partial charge in [0.2, 0.25) is 0 Å². The minimum absolute atomic E-state index is 0.0754. The summed E-state index contributed by atoms with van der Waals surface area (Å²) in [7, 11) is 0. The summed E-state index contributed by atoms with van der Waals surface area (Å²) in [5.41, 5.74) is 2.64. The van der Waals surface area contributed by atoms with Gasteiger partial charge in [-0.25, -0.2) is 0 Å². The van der Waals surface area contributed by atoms with Gasteiger partial charge in [-0.1, -0.05) is 55.4 Å². The van der Waals surface area contributed by atoms with Gasteiger partial charge in [-0.05, 0) is 23.6 Å². The van der Waals surface area contributed by atoms with Crippen LogP contribution in [0.2, 0.25) is 0 Å². The summed E-state index contributed by atoms with van der Waals surface area (Å²) >= 11 is 1.54. The van der Waals surface area contributed by atoms with Gasteiger partial charge in [0, 0.05) is 24.3 Å². The first kappa shape index (κ1) is 20.6. The predicted octanol–water partition coefficient (Wildman–Crippen LogP) is 4.74. The molecule has 0 aliphatic rings. The zero-order valence-electron chi connectivity index (χ0n) is 16.1. The zero-order chi connectivity index (χ0) is 20.6. The number of nitriles is 1. The number of nitro groups is 1. The van der Waals surface area contributed by atoms with Gasteiger partial charge in [-0.15, -0.1) is 10.2 Å². The molecular formula is C21H21N5O2S. The van der Waals surface area contributed by atoms with Gasteiger partial charge in [-0.2, -0.15) is 5.26 Å². The molecule has 0 radical (unpaired) electrons. The number of unbranched alkanes of at least 4 members (excludes halogenated alkanes) is 1. The van der Waals surface area contributed by atoms with Crippen molar-refractivity contribution in [3.05, 3.63) is 81.2 Å². The van der Waals surface area contributed by atoms with Gasteiger partial charge in [0.15, 0.2) is 5.16 Å². The third-order valence-corrected chi connectivity index (χ3v) is 5.55. The highest BCUT2D eigenvalue weighted by molar-refractivity contribution is 7.98. The highest BCUT2D eigenvalue weighted by Gasteiger charge is 2.14. The number of hydrogen-bond acceptors (Lipinski definition) is 6. The van der Waals surface area contributed by atoms with Gasteiger partial charge >= 0.3 is 0 Å². The molecule has 0 saturated carbocycles. The topological polar surface area (TPSA) is 97.6 Å². The van der Waals surface area contributed by atoms with Crippen molar-refractivity contribution in [2.24, 2.45) is 0 Å². The quantitative estimate of drug-likeness (QED) is 0.289. The van der Waals surface area contributed by atoms with E-state index in [1.165, 1.54) is 12.1 Å². The van der Waals surface area contributed by atoms with Crippen LogP contribution < -0.4 is 0 Å². The lowest BCUT2D eigenvalue weighted by atomic mass is 10.1. The smallest absolute Gasteiger partial charge is 0.269 e. The third-order valence-electron chi connectivity index (χ3n) is 4.53. The minimum Gasteiger partial charge on any atom is -0.302 e. The Labute approximate surface area is 173 Å². The summed E-state index contributed by atoms with van der Waals surface area (Å²) in [6, 6.07) is 16.3. The first-order chi connectivity index (χ1) is 14.1. The number of nitro benzene ring substituents is 1. The number of nitrogens with zero attached hydrogens (tertiary/aromatic N) is 5. The fourth-order valence-corrected chi connectivity index (χ4v) is 3.87. The summed E-state index contributed by atoms with van der Waals surface area (Å²) < 4.78 is 2.07. The average molecular weight is 407 g/mol. The average Bonchev–Trinajstić information content (AvgIpc) is 3.12. The SMILES string of the molecule is CCCCc1nnc(SCc2ccccc2C#N)n1Cc1ccc([N+](=O)[O-])cc1. The van der Waals surface area contributed by atoms with Crippen LogP contribution >= 0.6 is 11.8 Å². The van der Waals surface area contributed by atoms with E-state index in [-0.39, 0.29) is 5.69 Å². The molecule has 0 aliphatic heterocycles. The van der Waals surface area contributed by atoms with Crippen LogP contribution in [0.15, 0.2) is 53.7 Å². The molecule has 0 aliphatic carbocycles. The van der Waals surface area contributed by atoms with Crippen molar-refractivity contribution in [1.82, 2.24) is 14.8 Å². The van der Waals surface area contributed by atoms with Crippen molar-refractivity contribution < 1.29 is 4.92 Å². The van der Waals surface area contributed by atoms with Crippen LogP contribution in [0.3, 0.4) is 0 Å². The fraction of sp³-hybridized carbons (Fsp3) is 0.286. The Hall–Kier alpha value is -3.18. The second-order valence-corrected chi connectivity index (χ2v) is 7.51. The molecule has 3 rings (SSSR count). The summed E-state index contributed by atoms with van der Waals surface area (Å²) in [6.07, 6.45) is 2.90. The van der Waals surface area contributed by atoms with Gasteiger partial charge in [0.25, 0.3) is 5.69 Å². The van der Waals surface area contributed by atoms with Crippen LogP contribution in [0.25, 0.3) is 0 Å². The van der Waals surface area contributed by atoms with E-state index in [0.717, 1.165) is 41.4 Å². The maximum absolute atomic E-state index is 10.9. The Bertz CT molecular complexity index is 1020. The van der Waals surface area contributed by atoms with Crippen LogP contribution in [0.1, 0.15) is 42.3 Å². The standard InChI is InChI=1S/C21H21N5O2S/c1-2-3-8-20-23-24-21(29-15-18-7-5-4-6-17(18)13-22)25(20)14-16-9-11-19(12-10-16)26(27)28/h4-7,9-12H,2-3,8,14-15H2,1H3. The maximum atomic E-state index is 10.9. The van der Waals surface area contributed by atoms with Crippen molar-refractivity contribution in [1.29, 1.82) is 5.26 Å². The summed E-state index contributed by atoms with van der Waals surface area (Å²) in [5, 5.41) is 29.7. The monoisotopic (exact) mass is 407 g/mol. The molecule has 1 aromatic heterocycles. The van der Waals surface area contributed by atoms with E-state index in [4.69, 9.17) is 0 Å². The number of aryl methyl sites for hydroxylation is 1. The Morgan fingerprint density at radius 3 is 2.62 bits per heavy atom. The second-order valence-electron chi connectivity index (χ2n) is 6.57. The van der Waals surface area contributed by atoms with Gasteiger partial charge < -0.3 is 4.57 Å². The number of thioether (sulfide) groups is 1. The summed E-state index contributed by atoms with van der Waals surface area (Å²) in [5.74, 6) is 1.52. The fourth-order valence-electron chi connectivity index (χ4n) is 2.91. The first-order valence-corrected chi connectivity index (χ1v) is 10.4. The number of rotatable bonds is 9. The Kier molecular flexibility index (Phi) is 6.98. The molecule has 2 aromatic carbocycles. The van der Waals surface area contributed by atoms with E-state index in [0.29, 0.717) is 17.9 Å². The maximum Gasteiger partial charge on any atom is 0.269 e. The number of non-ortho nitro benzene ring substituents is 1. The van der Waals surface area contributed by atoms with Crippen molar-refractivity contribution in [3.8, 4) is 6.07 Å². The predicted molar refractivity (Wildman–Crippen MR) is 112 cm³/mol. The third kappa shape index (κ3) is 5.21. The molecule has 1 heterocycles. The van der Waals surface area contributed by atoms with Crippen molar-refractivity contribution in [2.45, 2.75) is 43.6 Å². The molecule has 0 amide bonds. The second kappa shape index (κ2) is 9.85. The Balaban J connectivity index is 1.82. The molecule has 0 atom stereocenters. The molecule has 0 fully saturated rings. The summed E-state index contributed by atoms with van der Waals surface area (Å²) in [6.45, 7) is 2.68. The van der Waals surface area contributed by atoms with Gasteiger partial charge in [-0.3, -0.25) is 10.1 Å². The largest absolute Gasteiger partial charge is 0.302 e. The molecule has 0 bridgehead atoms. The van der Waals surface area contributed by atoms with E-state index in [2.05, 4.69) is 27.8 Å². The van der Waals surface area contributed by atoms with E-state index in [9.17, 15) is 15.4 Å². The van der Waals surface area contributed by atoms with E-state index in [1.807, 2.05) is 24.3 Å². The molecular weight excluding hydrogens is 386 g/mol. The highest BCUT2D eigenvalue weighted by atomic mass is 32.2. The molecule has 29 heavy (non-hydrogen) atoms. The van der Waals surface area contributed by atoms with E-state index < -0.39 is 4.92 Å². The molecule has 3 aromatic rings. The van der Waals surface area contributed by atoms with Crippen LogP contribution in [-0.4, -0.2) is 19.7 Å². The highest BCUT2D eigenvalue weighted by Crippen LogP contribution is 2.25. The van der Waals surface area contributed by atoms with Gasteiger partial charge in [0.1, 0.15) is 5.82 Å². The molecule has 0 N–H and O–H groups in total. The number of aromatic nitrogens is 3. The molecule has 0 unspecified atom stereocenters. The molecule has 0 spiro atoms. The summed E-state index contributed by atoms with van der Waals surface area (Å²) in [4.78, 5) is 10.5. The normalized spacial score (nSPS) is 10.6. The lowest BCUT2D eigenvalue weighted by molar-refractivity contribution is -0.384. The van der Waals surface area contributed by atoms with Crippen LogP contribution in [0.4, 0.5) is 5.69 Å². The van der Waals surface area contributed by atoms with E-state index in [1.54, 1.807) is 23.9 Å². The zero-order valence-corrected chi connectivity index (χ0v) is 16.9. The Morgan fingerprint density at radius 1 is 1.17 bits per heavy atom. The lowest BCUT2D eigenvalue weighted by Crippen LogP contribution is -2.07. The van der Waals surface area contributed by atoms with Crippen molar-refractivity contribution >= 4 is 17.4 Å². The minimum atomic E-state index is -0.400. The number of hydrogen-bond donors (Lipinski definition) is 0. The van der Waals surface area contributed by atoms with Gasteiger partial charge in [0.05, 0.1) is 23.1 Å². The van der Waals surface area contributed by atoms with Crippen LogP contribution in [-0.2, 0) is 18.7 Å². The first-order valence-electron chi connectivity index (χ1n) is 9.38. The lowest BCUT2D eigenvalue weighted by Gasteiger charge is -2.11. The van der Waals surface area contributed by atoms with E-state index >= 15 is 0 Å². The molecule has 7 nitrogen and oxygen atoms in total. The Morgan fingerprint density at radius 2 is 1.93 bits per heavy atom. The van der Waals surface area contributed by atoms with Crippen LogP contribution in [0.5, 0.6) is 0 Å². The molecule has 148 valence electrons. The van der Waals surface area contributed by atoms with Crippen molar-refractivity contribution in [2.75, 3.05) is 0 Å². The number of benzene rings is 2. The molecule has 8 heteroatoms.